The van der Waals surface area contributed by atoms with E-state index in [1.165, 1.54) is 19.9 Å². The summed E-state index contributed by atoms with van der Waals surface area (Å²) in [5, 5.41) is 0. The van der Waals surface area contributed by atoms with Gasteiger partial charge >= 0.3 is 17.6 Å². The van der Waals surface area contributed by atoms with E-state index >= 15 is 0 Å². The Bertz CT molecular complexity index is 689. The predicted molar refractivity (Wildman–Crippen MR) is 76.8 cm³/mol. The molecule has 3 atom stereocenters. The summed E-state index contributed by atoms with van der Waals surface area (Å²) in [6.07, 6.45) is -2.26. The summed E-state index contributed by atoms with van der Waals surface area (Å²) in [6, 6.07) is 1.27. The van der Waals surface area contributed by atoms with Crippen molar-refractivity contribution in [2.75, 3.05) is 6.61 Å². The highest BCUT2D eigenvalue weighted by atomic mass is 16.6. The Hall–Kier alpha value is -2.42. The number of esters is 2. The molecule has 0 unspecified atom stereocenters. The van der Waals surface area contributed by atoms with Gasteiger partial charge in [0.05, 0.1) is 0 Å². The first-order chi connectivity index (χ1) is 10.8. The molecule has 0 radical (unpaired) electrons. The number of hydrogen-bond donors (Lipinski definition) is 1. The van der Waals surface area contributed by atoms with Crippen molar-refractivity contribution in [1.82, 2.24) is 9.55 Å². The first-order valence-corrected chi connectivity index (χ1v) is 7.06. The highest BCUT2D eigenvalue weighted by Crippen LogP contribution is 2.29. The number of hydrogen-bond acceptors (Lipinski definition) is 7. The molecule has 1 aromatic heterocycles. The quantitative estimate of drug-likeness (QED) is 0.750. The second kappa shape index (κ2) is 6.78. The summed E-state index contributed by atoms with van der Waals surface area (Å²) in [6.45, 7) is 3.93. The third kappa shape index (κ3) is 4.07. The Labute approximate surface area is 131 Å². The lowest BCUT2D eigenvalue weighted by atomic mass is 10.2. The summed E-state index contributed by atoms with van der Waals surface area (Å²) in [4.78, 5) is 48.6. The zero-order chi connectivity index (χ0) is 17.1. The van der Waals surface area contributed by atoms with Crippen LogP contribution in [0, 0.1) is 6.92 Å². The number of ether oxygens (including phenoxy) is 3. The highest BCUT2D eigenvalue weighted by molar-refractivity contribution is 5.66. The van der Waals surface area contributed by atoms with Crippen molar-refractivity contribution in [3.63, 3.8) is 0 Å². The highest BCUT2D eigenvalue weighted by Gasteiger charge is 2.40. The van der Waals surface area contributed by atoms with Gasteiger partial charge < -0.3 is 19.2 Å². The Morgan fingerprint density at radius 2 is 2.04 bits per heavy atom. The fourth-order valence-electron chi connectivity index (χ4n) is 2.44. The third-order valence-corrected chi connectivity index (χ3v) is 3.34. The minimum Gasteiger partial charge on any atom is -0.463 e. The molecule has 2 rings (SSSR count). The van der Waals surface area contributed by atoms with E-state index in [0.29, 0.717) is 5.69 Å². The van der Waals surface area contributed by atoms with E-state index in [-0.39, 0.29) is 13.0 Å². The zero-order valence-electron chi connectivity index (χ0n) is 13.0. The van der Waals surface area contributed by atoms with Crippen molar-refractivity contribution in [3.8, 4) is 0 Å². The van der Waals surface area contributed by atoms with Crippen LogP contribution in [0.2, 0.25) is 0 Å². The van der Waals surface area contributed by atoms with Crippen molar-refractivity contribution in [1.29, 1.82) is 0 Å². The van der Waals surface area contributed by atoms with Crippen molar-refractivity contribution < 1.29 is 23.8 Å². The van der Waals surface area contributed by atoms with E-state index in [1.54, 1.807) is 6.92 Å². The summed E-state index contributed by atoms with van der Waals surface area (Å²) in [7, 11) is 0. The molecule has 0 amide bonds. The molecular weight excluding hydrogens is 308 g/mol. The normalized spacial score (nSPS) is 23.5. The first kappa shape index (κ1) is 16.9. The minimum absolute atomic E-state index is 0.109. The Morgan fingerprint density at radius 3 is 2.61 bits per heavy atom. The van der Waals surface area contributed by atoms with Gasteiger partial charge in [-0.25, -0.2) is 9.36 Å². The standard InChI is InChI=1S/C14H18N2O7/c1-7-4-12(19)16(14(20)15-7)13-5-10(22-9(3)18)11(23-13)6-21-8(2)17/h4,10-11,13H,5-6H2,1-3H3,(H,15,20)/t10-,11+,13+/m0/s1. The number of H-pyrrole nitrogens is 1. The molecule has 2 heterocycles. The predicted octanol–water partition coefficient (Wildman–Crippen LogP) is -0.373. The monoisotopic (exact) mass is 326 g/mol. The molecule has 126 valence electrons. The SMILES string of the molecule is CC(=O)OC[C@H]1O[C@@H](n2c(=O)cc(C)[nH]c2=O)C[C@@H]1OC(C)=O. The van der Waals surface area contributed by atoms with Gasteiger partial charge in [-0.05, 0) is 6.92 Å². The van der Waals surface area contributed by atoms with Crippen molar-refractivity contribution in [3.05, 3.63) is 32.6 Å². The smallest absolute Gasteiger partial charge is 0.330 e. The number of nitrogens with zero attached hydrogens (tertiary/aromatic N) is 1. The maximum atomic E-state index is 12.0. The van der Waals surface area contributed by atoms with Gasteiger partial charge in [-0.2, -0.15) is 0 Å². The van der Waals surface area contributed by atoms with Gasteiger partial charge in [0, 0.05) is 32.0 Å². The van der Waals surface area contributed by atoms with Gasteiger partial charge in [0.1, 0.15) is 25.0 Å². The molecule has 1 saturated heterocycles. The molecule has 1 fully saturated rings. The van der Waals surface area contributed by atoms with Gasteiger partial charge in [-0.15, -0.1) is 0 Å². The second-order valence-corrected chi connectivity index (χ2v) is 5.28. The lowest BCUT2D eigenvalue weighted by molar-refractivity contribution is -0.155. The van der Waals surface area contributed by atoms with Crippen molar-refractivity contribution in [2.45, 2.75) is 45.6 Å². The number of carbonyl (C=O) groups excluding carboxylic acids is 2. The van der Waals surface area contributed by atoms with Gasteiger partial charge in [-0.1, -0.05) is 0 Å². The third-order valence-electron chi connectivity index (χ3n) is 3.34. The lowest BCUT2D eigenvalue weighted by Gasteiger charge is -2.17. The maximum Gasteiger partial charge on any atom is 0.330 e. The molecule has 1 N–H and O–H groups in total. The average Bonchev–Trinajstić information content (AvgIpc) is 2.77. The number of aromatic nitrogens is 2. The molecular formula is C14H18N2O7. The Kier molecular flexibility index (Phi) is 4.99. The lowest BCUT2D eigenvalue weighted by Crippen LogP contribution is -2.38. The van der Waals surface area contributed by atoms with Crippen LogP contribution in [-0.2, 0) is 23.8 Å². The summed E-state index contributed by atoms with van der Waals surface area (Å²) in [5.41, 5.74) is -0.706. The fraction of sp³-hybridized carbons (Fsp3) is 0.571. The summed E-state index contributed by atoms with van der Waals surface area (Å²) in [5.74, 6) is -1.04. The molecule has 1 aliphatic rings. The average molecular weight is 326 g/mol. The molecule has 0 aliphatic carbocycles. The van der Waals surface area contributed by atoms with E-state index in [2.05, 4.69) is 4.98 Å². The van der Waals surface area contributed by atoms with Crippen LogP contribution in [-0.4, -0.2) is 40.3 Å². The second-order valence-electron chi connectivity index (χ2n) is 5.28. The molecule has 0 saturated carbocycles. The number of aryl methyl sites for hydroxylation is 1. The topological polar surface area (TPSA) is 117 Å². The van der Waals surface area contributed by atoms with Gasteiger partial charge in [-0.3, -0.25) is 14.4 Å². The van der Waals surface area contributed by atoms with E-state index in [9.17, 15) is 19.2 Å². The molecule has 9 nitrogen and oxygen atoms in total. The minimum atomic E-state index is -0.906. The fourth-order valence-corrected chi connectivity index (χ4v) is 2.44. The summed E-state index contributed by atoms with van der Waals surface area (Å²) < 4.78 is 16.5. The molecule has 0 bridgehead atoms. The molecule has 0 aromatic carbocycles. The molecule has 0 spiro atoms. The van der Waals surface area contributed by atoms with E-state index in [0.717, 1.165) is 4.57 Å². The molecule has 1 aromatic rings. The first-order valence-electron chi connectivity index (χ1n) is 7.06. The van der Waals surface area contributed by atoms with Crippen LogP contribution in [0.25, 0.3) is 0 Å². The van der Waals surface area contributed by atoms with Crippen LogP contribution in [0.5, 0.6) is 0 Å². The van der Waals surface area contributed by atoms with E-state index in [1.807, 2.05) is 0 Å². The van der Waals surface area contributed by atoms with Gasteiger partial charge in [0.25, 0.3) is 5.56 Å². The number of aromatic amines is 1. The van der Waals surface area contributed by atoms with Crippen LogP contribution in [0.15, 0.2) is 15.7 Å². The molecule has 1 aliphatic heterocycles. The Balaban J connectivity index is 2.25. The van der Waals surface area contributed by atoms with Crippen molar-refractivity contribution >= 4 is 11.9 Å². The summed E-state index contributed by atoms with van der Waals surface area (Å²) >= 11 is 0. The molecule has 9 heteroatoms. The maximum absolute atomic E-state index is 12.0. The van der Waals surface area contributed by atoms with Crippen LogP contribution in [0.1, 0.15) is 32.2 Å². The number of nitrogens with one attached hydrogen (secondary N) is 1. The van der Waals surface area contributed by atoms with Crippen LogP contribution in [0.3, 0.4) is 0 Å². The van der Waals surface area contributed by atoms with Crippen LogP contribution in [0.4, 0.5) is 0 Å². The van der Waals surface area contributed by atoms with Crippen LogP contribution >= 0.6 is 0 Å². The van der Waals surface area contributed by atoms with Gasteiger partial charge in [0.15, 0.2) is 0 Å². The van der Waals surface area contributed by atoms with Gasteiger partial charge in [0.2, 0.25) is 0 Å². The Morgan fingerprint density at radius 1 is 1.35 bits per heavy atom. The van der Waals surface area contributed by atoms with Crippen molar-refractivity contribution in [2.24, 2.45) is 0 Å². The van der Waals surface area contributed by atoms with E-state index in [4.69, 9.17) is 14.2 Å². The van der Waals surface area contributed by atoms with Crippen LogP contribution < -0.4 is 11.2 Å². The van der Waals surface area contributed by atoms with E-state index < -0.39 is 41.6 Å². The molecule has 23 heavy (non-hydrogen) atoms. The zero-order valence-corrected chi connectivity index (χ0v) is 13.0. The largest absolute Gasteiger partial charge is 0.463 e. The number of carbonyl (C=O) groups is 2. The number of rotatable bonds is 4.